The van der Waals surface area contributed by atoms with Crippen molar-refractivity contribution < 1.29 is 18.0 Å². The summed E-state index contributed by atoms with van der Waals surface area (Å²) in [5, 5.41) is 5.77. The molecule has 1 fully saturated rings. The Morgan fingerprint density at radius 1 is 1.30 bits per heavy atom. The molecular formula is C17H20ClF3N4OS. The largest absolute Gasteiger partial charge is 0.417 e. The summed E-state index contributed by atoms with van der Waals surface area (Å²) < 4.78 is 38.7. The standard InChI is InChI=1S/C17H20ClF3N4OS/c1-2-5-22-16(27)25-8-6-24(7-9-25)11-15(26)23-12-3-4-14(18)13(10-12)17(19,20)21/h2-4,10H,1,5-9,11H2,(H,22,27)(H,23,26). The Morgan fingerprint density at radius 2 is 1.96 bits per heavy atom. The van der Waals surface area contributed by atoms with Crippen LogP contribution in [0.25, 0.3) is 0 Å². The second kappa shape index (κ2) is 9.38. The highest BCUT2D eigenvalue weighted by molar-refractivity contribution is 7.80. The lowest BCUT2D eigenvalue weighted by Gasteiger charge is -2.35. The first-order valence-electron chi connectivity index (χ1n) is 8.23. The first kappa shape index (κ1) is 21.5. The average Bonchev–Trinajstić information content (AvgIpc) is 2.61. The summed E-state index contributed by atoms with van der Waals surface area (Å²) in [5.74, 6) is -0.383. The summed E-state index contributed by atoms with van der Waals surface area (Å²) >= 11 is 10.8. The Labute approximate surface area is 166 Å². The number of carbonyl (C=O) groups excluding carboxylic acids is 1. The maximum Gasteiger partial charge on any atom is 0.417 e. The number of nitrogens with one attached hydrogen (secondary N) is 2. The van der Waals surface area contributed by atoms with Gasteiger partial charge >= 0.3 is 6.18 Å². The van der Waals surface area contributed by atoms with Crippen LogP contribution in [0.2, 0.25) is 5.02 Å². The molecule has 2 N–H and O–H groups in total. The maximum atomic E-state index is 12.9. The zero-order valence-electron chi connectivity index (χ0n) is 14.5. The van der Waals surface area contributed by atoms with E-state index in [1.54, 1.807) is 6.08 Å². The number of benzene rings is 1. The van der Waals surface area contributed by atoms with Gasteiger partial charge in [0, 0.05) is 38.4 Å². The Bertz CT molecular complexity index is 706. The van der Waals surface area contributed by atoms with Gasteiger partial charge in [-0.15, -0.1) is 6.58 Å². The second-order valence-corrected chi connectivity index (χ2v) is 6.77. The summed E-state index contributed by atoms with van der Waals surface area (Å²) in [6.45, 7) is 6.86. The smallest absolute Gasteiger partial charge is 0.359 e. The van der Waals surface area contributed by atoms with Crippen LogP contribution in [0.15, 0.2) is 30.9 Å². The molecule has 0 radical (unpaired) electrons. The molecule has 148 valence electrons. The fourth-order valence-electron chi connectivity index (χ4n) is 2.60. The van der Waals surface area contributed by atoms with Crippen molar-refractivity contribution in [3.05, 3.63) is 41.4 Å². The van der Waals surface area contributed by atoms with Gasteiger partial charge in [-0.3, -0.25) is 9.69 Å². The maximum absolute atomic E-state index is 12.9. The molecule has 0 spiro atoms. The van der Waals surface area contributed by atoms with Crippen molar-refractivity contribution in [2.75, 3.05) is 44.6 Å². The molecule has 1 aliphatic heterocycles. The van der Waals surface area contributed by atoms with Gasteiger partial charge in [-0.25, -0.2) is 0 Å². The predicted octanol–water partition coefficient (Wildman–Crippen LogP) is 2.98. The molecule has 0 aromatic heterocycles. The molecule has 0 unspecified atom stereocenters. The minimum absolute atomic E-state index is 0.0603. The van der Waals surface area contributed by atoms with Crippen LogP contribution in [0.4, 0.5) is 18.9 Å². The fraction of sp³-hybridized carbons (Fsp3) is 0.412. The van der Waals surface area contributed by atoms with Crippen molar-refractivity contribution in [3.8, 4) is 0 Å². The molecule has 1 amide bonds. The Balaban J connectivity index is 1.85. The molecule has 5 nitrogen and oxygen atoms in total. The van der Waals surface area contributed by atoms with Crippen LogP contribution < -0.4 is 10.6 Å². The first-order chi connectivity index (χ1) is 12.7. The van der Waals surface area contributed by atoms with Crippen LogP contribution in [0.3, 0.4) is 0 Å². The zero-order valence-corrected chi connectivity index (χ0v) is 16.1. The van der Waals surface area contributed by atoms with E-state index >= 15 is 0 Å². The van der Waals surface area contributed by atoms with Gasteiger partial charge < -0.3 is 15.5 Å². The van der Waals surface area contributed by atoms with E-state index in [9.17, 15) is 18.0 Å². The molecule has 1 aromatic carbocycles. The lowest BCUT2D eigenvalue weighted by atomic mass is 10.2. The minimum atomic E-state index is -4.58. The number of halogens is 4. The number of carbonyl (C=O) groups is 1. The molecule has 27 heavy (non-hydrogen) atoms. The highest BCUT2D eigenvalue weighted by Crippen LogP contribution is 2.36. The quantitative estimate of drug-likeness (QED) is 0.566. The molecular weight excluding hydrogens is 401 g/mol. The zero-order chi connectivity index (χ0) is 20.0. The lowest BCUT2D eigenvalue weighted by Crippen LogP contribution is -2.52. The van der Waals surface area contributed by atoms with Crippen molar-refractivity contribution in [2.45, 2.75) is 6.18 Å². The monoisotopic (exact) mass is 420 g/mol. The third-order valence-electron chi connectivity index (χ3n) is 3.98. The molecule has 1 aromatic rings. The number of alkyl halides is 3. The summed E-state index contributed by atoms with van der Waals surface area (Å²) in [6.07, 6.45) is -2.86. The van der Waals surface area contributed by atoms with E-state index in [1.165, 1.54) is 6.07 Å². The van der Waals surface area contributed by atoms with Gasteiger partial charge in [-0.05, 0) is 30.4 Å². The predicted molar refractivity (Wildman–Crippen MR) is 104 cm³/mol. The van der Waals surface area contributed by atoms with E-state index in [4.69, 9.17) is 23.8 Å². The molecule has 2 rings (SSSR count). The van der Waals surface area contributed by atoms with Crippen molar-refractivity contribution in [3.63, 3.8) is 0 Å². The number of amides is 1. The highest BCUT2D eigenvalue weighted by atomic mass is 35.5. The number of hydrogen-bond donors (Lipinski definition) is 2. The molecule has 0 saturated carbocycles. The van der Waals surface area contributed by atoms with Gasteiger partial charge in [0.2, 0.25) is 5.91 Å². The van der Waals surface area contributed by atoms with E-state index in [2.05, 4.69) is 17.2 Å². The van der Waals surface area contributed by atoms with E-state index in [-0.39, 0.29) is 18.1 Å². The minimum Gasteiger partial charge on any atom is -0.359 e. The summed E-state index contributed by atoms with van der Waals surface area (Å²) in [4.78, 5) is 16.1. The van der Waals surface area contributed by atoms with Gasteiger partial charge in [0.25, 0.3) is 0 Å². The van der Waals surface area contributed by atoms with Crippen molar-refractivity contribution in [1.82, 2.24) is 15.1 Å². The topological polar surface area (TPSA) is 47.6 Å². The third-order valence-corrected chi connectivity index (χ3v) is 4.71. The van der Waals surface area contributed by atoms with Crippen LogP contribution in [-0.2, 0) is 11.0 Å². The van der Waals surface area contributed by atoms with Gasteiger partial charge in [0.15, 0.2) is 5.11 Å². The first-order valence-corrected chi connectivity index (χ1v) is 9.02. The number of nitrogens with zero attached hydrogens (tertiary/aromatic N) is 2. The Hall–Kier alpha value is -1.84. The Kier molecular flexibility index (Phi) is 7.46. The molecule has 0 atom stereocenters. The van der Waals surface area contributed by atoms with E-state index in [1.807, 2.05) is 9.80 Å². The van der Waals surface area contributed by atoms with Crippen LogP contribution in [-0.4, -0.2) is 60.1 Å². The summed E-state index contributed by atoms with van der Waals surface area (Å²) in [5.41, 5.74) is -0.915. The molecule has 0 bridgehead atoms. The van der Waals surface area contributed by atoms with E-state index in [0.29, 0.717) is 37.8 Å². The Morgan fingerprint density at radius 3 is 2.56 bits per heavy atom. The summed E-state index contributed by atoms with van der Waals surface area (Å²) in [6, 6.07) is 3.30. The third kappa shape index (κ3) is 6.37. The van der Waals surface area contributed by atoms with Crippen LogP contribution in [0, 0.1) is 0 Å². The molecule has 1 saturated heterocycles. The van der Waals surface area contributed by atoms with Crippen LogP contribution in [0.1, 0.15) is 5.56 Å². The normalized spacial score (nSPS) is 15.3. The molecule has 1 aliphatic rings. The number of thiocarbonyl (C=S) groups is 1. The van der Waals surface area contributed by atoms with Gasteiger partial charge in [-0.2, -0.15) is 13.2 Å². The lowest BCUT2D eigenvalue weighted by molar-refractivity contribution is -0.137. The van der Waals surface area contributed by atoms with Gasteiger partial charge in [-0.1, -0.05) is 17.7 Å². The second-order valence-electron chi connectivity index (χ2n) is 5.98. The number of rotatable bonds is 5. The fourth-order valence-corrected chi connectivity index (χ4v) is 3.09. The SMILES string of the molecule is C=CCNC(=S)N1CCN(CC(=O)Nc2ccc(Cl)c(C(F)(F)F)c2)CC1. The number of piperazine rings is 1. The average molecular weight is 421 g/mol. The molecule has 10 heteroatoms. The van der Waals surface area contributed by atoms with Crippen molar-refractivity contribution in [1.29, 1.82) is 0 Å². The van der Waals surface area contributed by atoms with E-state index in [0.717, 1.165) is 12.1 Å². The highest BCUT2D eigenvalue weighted by Gasteiger charge is 2.33. The van der Waals surface area contributed by atoms with Crippen molar-refractivity contribution >= 4 is 40.5 Å². The summed E-state index contributed by atoms with van der Waals surface area (Å²) in [7, 11) is 0. The van der Waals surface area contributed by atoms with Crippen LogP contribution in [0.5, 0.6) is 0 Å². The number of hydrogen-bond acceptors (Lipinski definition) is 3. The number of anilines is 1. The van der Waals surface area contributed by atoms with Gasteiger partial charge in [0.05, 0.1) is 17.1 Å². The molecule has 0 aliphatic carbocycles. The van der Waals surface area contributed by atoms with Gasteiger partial charge in [0.1, 0.15) is 0 Å². The van der Waals surface area contributed by atoms with Crippen LogP contribution >= 0.6 is 23.8 Å². The van der Waals surface area contributed by atoms with Crippen molar-refractivity contribution in [2.24, 2.45) is 0 Å². The van der Waals surface area contributed by atoms with E-state index < -0.39 is 16.8 Å². The molecule has 1 heterocycles.